The smallest absolute Gasteiger partial charge is 0.254 e. The van der Waals surface area contributed by atoms with Crippen LogP contribution in [0.5, 0.6) is 5.75 Å². The van der Waals surface area contributed by atoms with Crippen molar-refractivity contribution in [1.82, 2.24) is 15.1 Å². The van der Waals surface area contributed by atoms with Crippen molar-refractivity contribution in [2.45, 2.75) is 25.3 Å². The second kappa shape index (κ2) is 8.43. The minimum absolute atomic E-state index is 0.120. The third-order valence-corrected chi connectivity index (χ3v) is 5.06. The van der Waals surface area contributed by atoms with Crippen molar-refractivity contribution in [3.63, 3.8) is 0 Å². The molecule has 0 spiro atoms. The van der Waals surface area contributed by atoms with E-state index in [-0.39, 0.29) is 23.5 Å². The Morgan fingerprint density at radius 2 is 1.97 bits per heavy atom. The first-order valence-electron chi connectivity index (χ1n) is 9.60. The van der Waals surface area contributed by atoms with Gasteiger partial charge in [-0.25, -0.2) is 8.78 Å². The number of carbonyl (C=O) groups excluding carboxylic acids is 1. The van der Waals surface area contributed by atoms with Crippen LogP contribution in [0.3, 0.4) is 0 Å². The molecule has 4 rings (SSSR count). The summed E-state index contributed by atoms with van der Waals surface area (Å²) in [7, 11) is 0. The zero-order valence-corrected chi connectivity index (χ0v) is 15.8. The fourth-order valence-electron chi connectivity index (χ4n) is 3.59. The molecule has 1 aliphatic rings. The molecule has 5 nitrogen and oxygen atoms in total. The first kappa shape index (κ1) is 19.1. The Balaban J connectivity index is 1.39. The number of H-pyrrole nitrogens is 1. The van der Waals surface area contributed by atoms with Crippen molar-refractivity contribution in [3.05, 3.63) is 83.2 Å². The Bertz CT molecular complexity index is 988. The molecule has 3 aromatic rings. The number of rotatable bonds is 6. The molecule has 150 valence electrons. The lowest BCUT2D eigenvalue weighted by Gasteiger charge is -2.23. The number of benzene rings is 2. The molecule has 0 saturated carbocycles. The highest BCUT2D eigenvalue weighted by Gasteiger charge is 2.32. The van der Waals surface area contributed by atoms with Crippen molar-refractivity contribution in [2.24, 2.45) is 0 Å². The van der Waals surface area contributed by atoms with Gasteiger partial charge in [0.15, 0.2) is 11.6 Å². The van der Waals surface area contributed by atoms with E-state index in [0.29, 0.717) is 25.1 Å². The number of amides is 1. The average molecular weight is 397 g/mol. The second-order valence-electron chi connectivity index (χ2n) is 7.01. The molecule has 1 atom stereocenters. The van der Waals surface area contributed by atoms with Crippen LogP contribution in [0.25, 0.3) is 0 Å². The van der Waals surface area contributed by atoms with Gasteiger partial charge >= 0.3 is 0 Å². The molecule has 2 heterocycles. The summed E-state index contributed by atoms with van der Waals surface area (Å²) in [4.78, 5) is 14.6. The van der Waals surface area contributed by atoms with Crippen molar-refractivity contribution in [3.8, 4) is 5.75 Å². The summed E-state index contributed by atoms with van der Waals surface area (Å²) < 4.78 is 32.2. The molecular weight excluding hydrogens is 376 g/mol. The lowest BCUT2D eigenvalue weighted by atomic mass is 10.1. The number of carbonyl (C=O) groups is 1. The summed E-state index contributed by atoms with van der Waals surface area (Å²) in [6.07, 6.45) is 2.25. The van der Waals surface area contributed by atoms with E-state index in [2.05, 4.69) is 10.2 Å². The van der Waals surface area contributed by atoms with E-state index in [4.69, 9.17) is 4.74 Å². The Morgan fingerprint density at radius 3 is 2.76 bits per heavy atom. The number of aromatic nitrogens is 2. The highest BCUT2D eigenvalue weighted by molar-refractivity contribution is 5.94. The molecule has 0 radical (unpaired) electrons. The van der Waals surface area contributed by atoms with Crippen LogP contribution in [-0.2, 0) is 6.42 Å². The third kappa shape index (κ3) is 4.29. The normalized spacial score (nSPS) is 16.2. The van der Waals surface area contributed by atoms with E-state index in [0.717, 1.165) is 24.2 Å². The minimum Gasteiger partial charge on any atom is -0.490 e. The van der Waals surface area contributed by atoms with Crippen molar-refractivity contribution < 1.29 is 18.3 Å². The zero-order chi connectivity index (χ0) is 20.2. The van der Waals surface area contributed by atoms with Gasteiger partial charge in [0, 0.05) is 24.2 Å². The predicted molar refractivity (Wildman–Crippen MR) is 104 cm³/mol. The van der Waals surface area contributed by atoms with Crippen LogP contribution >= 0.6 is 0 Å². The zero-order valence-electron chi connectivity index (χ0n) is 15.8. The number of para-hydroxylation sites is 1. The Kier molecular flexibility index (Phi) is 5.55. The Morgan fingerprint density at radius 1 is 1.17 bits per heavy atom. The number of hydrogen-bond acceptors (Lipinski definition) is 3. The van der Waals surface area contributed by atoms with Gasteiger partial charge in [0.2, 0.25) is 0 Å². The molecule has 0 bridgehead atoms. The second-order valence-corrected chi connectivity index (χ2v) is 7.01. The van der Waals surface area contributed by atoms with Gasteiger partial charge in [-0.3, -0.25) is 9.89 Å². The van der Waals surface area contributed by atoms with Gasteiger partial charge in [0.1, 0.15) is 5.82 Å². The minimum atomic E-state index is -0.390. The summed E-state index contributed by atoms with van der Waals surface area (Å²) >= 11 is 0. The quantitative estimate of drug-likeness (QED) is 0.675. The van der Waals surface area contributed by atoms with Crippen LogP contribution in [0.1, 0.15) is 40.6 Å². The van der Waals surface area contributed by atoms with E-state index in [1.807, 2.05) is 6.07 Å². The van der Waals surface area contributed by atoms with E-state index in [1.165, 1.54) is 30.3 Å². The largest absolute Gasteiger partial charge is 0.490 e. The van der Waals surface area contributed by atoms with Crippen molar-refractivity contribution in [2.75, 3.05) is 13.2 Å². The van der Waals surface area contributed by atoms with Crippen LogP contribution in [0.4, 0.5) is 8.78 Å². The van der Waals surface area contributed by atoms with E-state index in [1.54, 1.807) is 23.1 Å². The molecule has 29 heavy (non-hydrogen) atoms. The molecule has 1 saturated heterocycles. The van der Waals surface area contributed by atoms with E-state index >= 15 is 0 Å². The lowest BCUT2D eigenvalue weighted by Crippen LogP contribution is -2.30. The number of likely N-dealkylation sites (tertiary alicyclic amines) is 1. The summed E-state index contributed by atoms with van der Waals surface area (Å²) in [6.45, 7) is 0.949. The van der Waals surface area contributed by atoms with Gasteiger partial charge in [0.05, 0.1) is 18.3 Å². The van der Waals surface area contributed by atoms with Gasteiger partial charge < -0.3 is 9.64 Å². The Labute approximate surface area is 167 Å². The van der Waals surface area contributed by atoms with Gasteiger partial charge in [-0.2, -0.15) is 5.10 Å². The molecule has 0 aliphatic carbocycles. The maximum Gasteiger partial charge on any atom is 0.254 e. The lowest BCUT2D eigenvalue weighted by molar-refractivity contribution is 0.0733. The molecule has 1 unspecified atom stereocenters. The third-order valence-electron chi connectivity index (χ3n) is 5.06. The number of nitrogens with zero attached hydrogens (tertiary/aromatic N) is 2. The molecular formula is C22H21F2N3O2. The van der Waals surface area contributed by atoms with Gasteiger partial charge in [-0.05, 0) is 55.3 Å². The topological polar surface area (TPSA) is 58.2 Å². The SMILES string of the molecule is O=C(c1ccc(F)cc1)N1CCCC1c1cc(CCOc2ccccc2F)[nH]n1. The predicted octanol–water partition coefficient (Wildman–Crippen LogP) is 4.29. The summed E-state index contributed by atoms with van der Waals surface area (Å²) in [6, 6.07) is 13.7. The van der Waals surface area contributed by atoms with E-state index in [9.17, 15) is 13.6 Å². The first-order valence-corrected chi connectivity index (χ1v) is 9.60. The van der Waals surface area contributed by atoms with Gasteiger partial charge in [0.25, 0.3) is 5.91 Å². The van der Waals surface area contributed by atoms with Crippen molar-refractivity contribution in [1.29, 1.82) is 0 Å². The maximum absolute atomic E-state index is 13.6. The standard InChI is InChI=1S/C22H21F2N3O2/c23-16-9-7-15(8-10-16)22(28)27-12-3-5-20(27)19-14-17(25-26-19)11-13-29-21-6-2-1-4-18(21)24/h1-2,4,6-10,14,20H,3,5,11-13H2,(H,25,26). The number of halogens is 2. The number of ether oxygens (including phenoxy) is 1. The van der Waals surface area contributed by atoms with Crippen LogP contribution in [-0.4, -0.2) is 34.2 Å². The van der Waals surface area contributed by atoms with Crippen LogP contribution < -0.4 is 4.74 Å². The molecule has 7 heteroatoms. The average Bonchev–Trinajstić information content (AvgIpc) is 3.39. The summed E-state index contributed by atoms with van der Waals surface area (Å²) in [5, 5.41) is 7.35. The monoisotopic (exact) mass is 397 g/mol. The fourth-order valence-corrected chi connectivity index (χ4v) is 3.59. The molecule has 1 aromatic heterocycles. The molecule has 1 amide bonds. The number of aromatic amines is 1. The van der Waals surface area contributed by atoms with Crippen LogP contribution in [0.15, 0.2) is 54.6 Å². The molecule has 1 aliphatic heterocycles. The number of nitrogens with one attached hydrogen (secondary N) is 1. The number of hydrogen-bond donors (Lipinski definition) is 1. The maximum atomic E-state index is 13.6. The highest BCUT2D eigenvalue weighted by Crippen LogP contribution is 2.32. The van der Waals surface area contributed by atoms with Crippen LogP contribution in [0.2, 0.25) is 0 Å². The van der Waals surface area contributed by atoms with Crippen LogP contribution in [0, 0.1) is 11.6 Å². The molecule has 1 fully saturated rings. The molecule has 1 N–H and O–H groups in total. The molecule has 2 aromatic carbocycles. The summed E-state index contributed by atoms with van der Waals surface area (Å²) in [5.41, 5.74) is 2.11. The summed E-state index contributed by atoms with van der Waals surface area (Å²) in [5.74, 6) is -0.660. The van der Waals surface area contributed by atoms with Gasteiger partial charge in [-0.15, -0.1) is 0 Å². The fraction of sp³-hybridized carbons (Fsp3) is 0.273. The van der Waals surface area contributed by atoms with Gasteiger partial charge in [-0.1, -0.05) is 12.1 Å². The Hall–Kier alpha value is -3.22. The van der Waals surface area contributed by atoms with E-state index < -0.39 is 5.82 Å². The highest BCUT2D eigenvalue weighted by atomic mass is 19.1. The van der Waals surface area contributed by atoms with Crippen molar-refractivity contribution >= 4 is 5.91 Å². The first-order chi connectivity index (χ1) is 14.1.